The third-order valence-electron chi connectivity index (χ3n) is 4.23. The molecule has 5 nitrogen and oxygen atoms in total. The molecule has 5 heteroatoms. The number of carbonyl (C=O) groups excluding carboxylic acids is 1. The van der Waals surface area contributed by atoms with E-state index in [9.17, 15) is 4.79 Å². The van der Waals surface area contributed by atoms with E-state index in [1.807, 2.05) is 4.90 Å². The third-order valence-corrected chi connectivity index (χ3v) is 4.23. The van der Waals surface area contributed by atoms with Crippen LogP contribution in [0.1, 0.15) is 25.7 Å². The number of ether oxygens (including phenoxy) is 1. The summed E-state index contributed by atoms with van der Waals surface area (Å²) in [5.41, 5.74) is 0. The predicted octanol–water partition coefficient (Wildman–Crippen LogP) is 0.309. The van der Waals surface area contributed by atoms with E-state index in [2.05, 4.69) is 17.3 Å². The number of morpholine rings is 1. The first-order valence-corrected chi connectivity index (χ1v) is 7.54. The van der Waals surface area contributed by atoms with Crippen LogP contribution in [0.3, 0.4) is 0 Å². The zero-order valence-corrected chi connectivity index (χ0v) is 12.1. The normalized spacial score (nSPS) is 21.3. The topological polar surface area (TPSA) is 44.8 Å². The van der Waals surface area contributed by atoms with Crippen LogP contribution in [-0.2, 0) is 9.53 Å². The second-order valence-electron chi connectivity index (χ2n) is 5.59. The highest BCUT2D eigenvalue weighted by Crippen LogP contribution is 2.21. The summed E-state index contributed by atoms with van der Waals surface area (Å²) < 4.78 is 5.24. The number of nitrogens with zero attached hydrogens (tertiary/aromatic N) is 2. The lowest BCUT2D eigenvalue weighted by molar-refractivity contribution is -0.134. The lowest BCUT2D eigenvalue weighted by Gasteiger charge is -2.27. The molecule has 0 unspecified atom stereocenters. The summed E-state index contributed by atoms with van der Waals surface area (Å²) in [4.78, 5) is 16.2. The summed E-state index contributed by atoms with van der Waals surface area (Å²) in [6, 6.07) is 0.761. The maximum Gasteiger partial charge on any atom is 0.236 e. The molecule has 1 amide bonds. The number of hydrogen-bond acceptors (Lipinski definition) is 4. The van der Waals surface area contributed by atoms with Gasteiger partial charge in [0.2, 0.25) is 5.91 Å². The summed E-state index contributed by atoms with van der Waals surface area (Å²) in [5, 5.41) is 3.26. The van der Waals surface area contributed by atoms with Crippen molar-refractivity contribution in [3.63, 3.8) is 0 Å². The predicted molar refractivity (Wildman–Crippen MR) is 75.2 cm³/mol. The average molecular weight is 269 g/mol. The Balaban J connectivity index is 1.54. The molecule has 0 radical (unpaired) electrons. The smallest absolute Gasteiger partial charge is 0.236 e. The van der Waals surface area contributed by atoms with E-state index in [0.29, 0.717) is 19.8 Å². The fourth-order valence-electron chi connectivity index (χ4n) is 2.90. The van der Waals surface area contributed by atoms with Crippen molar-refractivity contribution in [2.24, 2.45) is 0 Å². The van der Waals surface area contributed by atoms with Gasteiger partial charge in [0.15, 0.2) is 0 Å². The summed E-state index contributed by atoms with van der Waals surface area (Å²) >= 11 is 0. The van der Waals surface area contributed by atoms with Crippen molar-refractivity contribution in [2.45, 2.75) is 31.7 Å². The number of rotatable bonds is 6. The third kappa shape index (κ3) is 4.75. The Morgan fingerprint density at radius 2 is 2.00 bits per heavy atom. The Morgan fingerprint density at radius 3 is 2.68 bits per heavy atom. The van der Waals surface area contributed by atoms with Crippen LogP contribution < -0.4 is 5.32 Å². The Kier molecular flexibility index (Phi) is 6.07. The molecule has 1 N–H and O–H groups in total. The number of likely N-dealkylation sites (N-methyl/N-ethyl adjacent to an activating group) is 1. The van der Waals surface area contributed by atoms with Gasteiger partial charge >= 0.3 is 0 Å². The number of carbonyl (C=O) groups is 1. The van der Waals surface area contributed by atoms with E-state index in [1.165, 1.54) is 25.7 Å². The van der Waals surface area contributed by atoms with Crippen molar-refractivity contribution in [3.8, 4) is 0 Å². The van der Waals surface area contributed by atoms with Gasteiger partial charge in [-0.1, -0.05) is 12.8 Å². The van der Waals surface area contributed by atoms with Crippen LogP contribution in [0, 0.1) is 0 Å². The Labute approximate surface area is 116 Å². The van der Waals surface area contributed by atoms with E-state index < -0.39 is 0 Å². The van der Waals surface area contributed by atoms with Crippen molar-refractivity contribution >= 4 is 5.91 Å². The summed E-state index contributed by atoms with van der Waals surface area (Å²) in [6.07, 6.45) is 5.42. The molecule has 0 aromatic heterocycles. The molecule has 1 aliphatic heterocycles. The highest BCUT2D eigenvalue weighted by Gasteiger charge is 2.19. The molecule has 0 spiro atoms. The number of nitrogens with one attached hydrogen (secondary N) is 1. The molecule has 0 atom stereocenters. The van der Waals surface area contributed by atoms with Crippen LogP contribution in [0.5, 0.6) is 0 Å². The van der Waals surface area contributed by atoms with Crippen molar-refractivity contribution in [3.05, 3.63) is 0 Å². The first-order chi connectivity index (χ1) is 9.27. The molecule has 110 valence electrons. The molecule has 1 aliphatic carbocycles. The second-order valence-corrected chi connectivity index (χ2v) is 5.59. The molecule has 0 aromatic rings. The standard InChI is InChI=1S/C14H27N3O2/c1-16(13-4-2-3-5-13)7-6-15-12-14(18)17-8-10-19-11-9-17/h13,15H,2-12H2,1H3. The maximum atomic E-state index is 11.9. The Hall–Kier alpha value is -0.650. The fraction of sp³-hybridized carbons (Fsp3) is 0.929. The zero-order valence-electron chi connectivity index (χ0n) is 12.1. The van der Waals surface area contributed by atoms with Gasteiger partial charge in [0, 0.05) is 32.2 Å². The highest BCUT2D eigenvalue weighted by atomic mass is 16.5. The van der Waals surface area contributed by atoms with Crippen molar-refractivity contribution < 1.29 is 9.53 Å². The first kappa shape index (κ1) is 14.8. The van der Waals surface area contributed by atoms with Crippen LogP contribution >= 0.6 is 0 Å². The Bertz CT molecular complexity index is 274. The first-order valence-electron chi connectivity index (χ1n) is 7.54. The number of hydrogen-bond donors (Lipinski definition) is 1. The van der Waals surface area contributed by atoms with Gasteiger partial charge in [0.05, 0.1) is 19.8 Å². The van der Waals surface area contributed by atoms with Crippen molar-refractivity contribution in [2.75, 3.05) is 53.0 Å². The molecular formula is C14H27N3O2. The molecule has 1 saturated heterocycles. The van der Waals surface area contributed by atoms with Gasteiger partial charge in [-0.25, -0.2) is 0 Å². The van der Waals surface area contributed by atoms with Crippen molar-refractivity contribution in [1.82, 2.24) is 15.1 Å². The SMILES string of the molecule is CN(CCNCC(=O)N1CCOCC1)C1CCCC1. The summed E-state index contributed by atoms with van der Waals surface area (Å²) in [5.74, 6) is 0.201. The minimum Gasteiger partial charge on any atom is -0.378 e. The van der Waals surface area contributed by atoms with Gasteiger partial charge in [-0.3, -0.25) is 4.79 Å². The van der Waals surface area contributed by atoms with Gasteiger partial charge in [0.25, 0.3) is 0 Å². The maximum absolute atomic E-state index is 11.9. The van der Waals surface area contributed by atoms with Gasteiger partial charge in [-0.05, 0) is 19.9 Å². The van der Waals surface area contributed by atoms with Gasteiger partial charge in [-0.2, -0.15) is 0 Å². The zero-order chi connectivity index (χ0) is 13.5. The minimum absolute atomic E-state index is 0.201. The minimum atomic E-state index is 0.201. The molecular weight excluding hydrogens is 242 g/mol. The van der Waals surface area contributed by atoms with Gasteiger partial charge in [-0.15, -0.1) is 0 Å². The van der Waals surface area contributed by atoms with E-state index in [4.69, 9.17) is 4.74 Å². The lowest BCUT2D eigenvalue weighted by atomic mass is 10.2. The van der Waals surface area contributed by atoms with Crippen LogP contribution in [0.15, 0.2) is 0 Å². The average Bonchev–Trinajstić information content (AvgIpc) is 2.98. The molecule has 1 heterocycles. The van der Waals surface area contributed by atoms with Crippen molar-refractivity contribution in [1.29, 1.82) is 0 Å². The monoisotopic (exact) mass is 269 g/mol. The van der Waals surface area contributed by atoms with Crippen LogP contribution in [0.4, 0.5) is 0 Å². The molecule has 19 heavy (non-hydrogen) atoms. The summed E-state index contributed by atoms with van der Waals surface area (Å²) in [6.45, 7) is 5.21. The molecule has 1 saturated carbocycles. The van der Waals surface area contributed by atoms with Crippen LogP contribution in [-0.4, -0.2) is 74.7 Å². The fourth-order valence-corrected chi connectivity index (χ4v) is 2.90. The van der Waals surface area contributed by atoms with E-state index in [-0.39, 0.29) is 5.91 Å². The van der Waals surface area contributed by atoms with Gasteiger partial charge in [0.1, 0.15) is 0 Å². The van der Waals surface area contributed by atoms with Crippen LogP contribution in [0.2, 0.25) is 0 Å². The van der Waals surface area contributed by atoms with E-state index in [1.54, 1.807) is 0 Å². The molecule has 2 rings (SSSR count). The van der Waals surface area contributed by atoms with E-state index in [0.717, 1.165) is 32.2 Å². The lowest BCUT2D eigenvalue weighted by Crippen LogP contribution is -2.45. The molecule has 0 aromatic carbocycles. The molecule has 0 bridgehead atoms. The quantitative estimate of drug-likeness (QED) is 0.705. The molecule has 2 fully saturated rings. The summed E-state index contributed by atoms with van der Waals surface area (Å²) in [7, 11) is 2.20. The molecule has 2 aliphatic rings. The Morgan fingerprint density at radius 1 is 1.32 bits per heavy atom. The van der Waals surface area contributed by atoms with Crippen LogP contribution in [0.25, 0.3) is 0 Å². The second kappa shape index (κ2) is 7.82. The van der Waals surface area contributed by atoms with Gasteiger partial charge < -0.3 is 19.9 Å². The number of amides is 1. The van der Waals surface area contributed by atoms with E-state index >= 15 is 0 Å². The largest absolute Gasteiger partial charge is 0.378 e. The highest BCUT2D eigenvalue weighted by molar-refractivity contribution is 5.78.